The molecule has 1 heterocycles. The van der Waals surface area contributed by atoms with Gasteiger partial charge in [0.05, 0.1) is 17.4 Å². The molecule has 0 fully saturated rings. The third-order valence-corrected chi connectivity index (χ3v) is 2.89. The number of carboxylic acids is 1. The quantitative estimate of drug-likeness (QED) is 0.480. The number of amides is 1. The summed E-state index contributed by atoms with van der Waals surface area (Å²) in [5, 5.41) is 22.7. The second-order valence-electron chi connectivity index (χ2n) is 4.48. The summed E-state index contributed by atoms with van der Waals surface area (Å²) in [5.74, 6) is -1.93. The van der Waals surface area contributed by atoms with Crippen molar-refractivity contribution in [1.82, 2.24) is 15.3 Å². The Bertz CT molecular complexity index is 787. The number of aromatic nitrogens is 2. The van der Waals surface area contributed by atoms with Crippen LogP contribution in [0.4, 0.5) is 5.69 Å². The van der Waals surface area contributed by atoms with E-state index in [1.165, 1.54) is 13.1 Å². The van der Waals surface area contributed by atoms with Crippen LogP contribution >= 0.6 is 0 Å². The van der Waals surface area contributed by atoms with Gasteiger partial charge in [0.25, 0.3) is 5.91 Å². The second kappa shape index (κ2) is 6.41. The van der Waals surface area contributed by atoms with Crippen molar-refractivity contribution in [2.75, 3.05) is 5.32 Å². The number of rotatable bonds is 5. The fraction of sp³-hybridized carbons (Fsp3) is 0.143. The molecule has 4 N–H and O–H groups in total. The monoisotopic (exact) mass is 299 g/mol. The van der Waals surface area contributed by atoms with Crippen LogP contribution in [-0.4, -0.2) is 33.0 Å². The molecule has 22 heavy (non-hydrogen) atoms. The van der Waals surface area contributed by atoms with E-state index >= 15 is 0 Å². The highest BCUT2D eigenvalue weighted by Crippen LogP contribution is 2.15. The SMILES string of the molecule is CC(NC(=O)/C(C#N)=C\Nc1ccc2nc[nH]c2c1)C(=O)O. The first kappa shape index (κ1) is 15.1. The fourth-order valence-corrected chi connectivity index (χ4v) is 1.67. The van der Waals surface area contributed by atoms with Crippen molar-refractivity contribution < 1.29 is 14.7 Å². The molecule has 0 saturated carbocycles. The molecule has 1 unspecified atom stereocenters. The number of fused-ring (bicyclic) bond motifs is 1. The van der Waals surface area contributed by atoms with Crippen LogP contribution < -0.4 is 10.6 Å². The molecule has 8 nitrogen and oxygen atoms in total. The van der Waals surface area contributed by atoms with Crippen LogP contribution in [0, 0.1) is 11.3 Å². The smallest absolute Gasteiger partial charge is 0.325 e. The van der Waals surface area contributed by atoms with Crippen molar-refractivity contribution >= 4 is 28.6 Å². The Hall–Kier alpha value is -3.34. The first-order valence-electron chi connectivity index (χ1n) is 6.35. The average molecular weight is 299 g/mol. The fourth-order valence-electron chi connectivity index (χ4n) is 1.67. The third-order valence-electron chi connectivity index (χ3n) is 2.89. The summed E-state index contributed by atoms with van der Waals surface area (Å²) in [6.07, 6.45) is 2.78. The molecule has 112 valence electrons. The number of aliphatic carboxylic acids is 1. The lowest BCUT2D eigenvalue weighted by Crippen LogP contribution is -2.39. The molecule has 0 aliphatic rings. The molecule has 1 amide bonds. The molecular weight excluding hydrogens is 286 g/mol. The molecule has 0 radical (unpaired) electrons. The Morgan fingerprint density at radius 3 is 2.95 bits per heavy atom. The number of hydrogen-bond acceptors (Lipinski definition) is 5. The first-order chi connectivity index (χ1) is 10.5. The average Bonchev–Trinajstić information content (AvgIpc) is 2.95. The Morgan fingerprint density at radius 1 is 1.50 bits per heavy atom. The van der Waals surface area contributed by atoms with E-state index < -0.39 is 17.9 Å². The van der Waals surface area contributed by atoms with Gasteiger partial charge in [0.2, 0.25) is 0 Å². The lowest BCUT2D eigenvalue weighted by molar-refractivity contribution is -0.140. The predicted molar refractivity (Wildman–Crippen MR) is 78.7 cm³/mol. The molecule has 0 saturated heterocycles. The van der Waals surface area contributed by atoms with Gasteiger partial charge in [-0.1, -0.05) is 0 Å². The number of hydrogen-bond donors (Lipinski definition) is 4. The summed E-state index contributed by atoms with van der Waals surface area (Å²) in [7, 11) is 0. The highest BCUT2D eigenvalue weighted by Gasteiger charge is 2.16. The molecule has 0 aliphatic carbocycles. The Morgan fingerprint density at radius 2 is 2.27 bits per heavy atom. The van der Waals surface area contributed by atoms with Crippen LogP contribution in [0.3, 0.4) is 0 Å². The van der Waals surface area contributed by atoms with E-state index in [9.17, 15) is 9.59 Å². The maximum atomic E-state index is 11.8. The van der Waals surface area contributed by atoms with Crippen molar-refractivity contribution in [3.63, 3.8) is 0 Å². The highest BCUT2D eigenvalue weighted by molar-refractivity contribution is 5.99. The molecule has 0 spiro atoms. The number of anilines is 1. The van der Waals surface area contributed by atoms with Gasteiger partial charge in [0, 0.05) is 11.9 Å². The van der Waals surface area contributed by atoms with Gasteiger partial charge in [0.15, 0.2) is 0 Å². The number of nitriles is 1. The maximum absolute atomic E-state index is 11.8. The van der Waals surface area contributed by atoms with E-state index in [-0.39, 0.29) is 5.57 Å². The molecule has 1 aromatic heterocycles. The van der Waals surface area contributed by atoms with Gasteiger partial charge in [0.1, 0.15) is 17.7 Å². The summed E-state index contributed by atoms with van der Waals surface area (Å²) in [6.45, 7) is 1.31. The molecule has 0 bridgehead atoms. The largest absolute Gasteiger partial charge is 0.480 e. The van der Waals surface area contributed by atoms with Gasteiger partial charge >= 0.3 is 5.97 Å². The predicted octanol–water partition coefficient (Wildman–Crippen LogP) is 0.972. The van der Waals surface area contributed by atoms with Crippen LogP contribution in [0.1, 0.15) is 6.92 Å². The van der Waals surface area contributed by atoms with Gasteiger partial charge in [-0.05, 0) is 25.1 Å². The molecule has 2 aromatic rings. The van der Waals surface area contributed by atoms with E-state index in [4.69, 9.17) is 10.4 Å². The van der Waals surface area contributed by atoms with Crippen LogP contribution in [0.15, 0.2) is 36.3 Å². The Labute approximate surface area is 125 Å². The first-order valence-corrected chi connectivity index (χ1v) is 6.35. The molecule has 1 atom stereocenters. The number of carbonyl (C=O) groups is 2. The van der Waals surface area contributed by atoms with E-state index in [2.05, 4.69) is 20.6 Å². The van der Waals surface area contributed by atoms with Gasteiger partial charge in [-0.15, -0.1) is 0 Å². The second-order valence-corrected chi connectivity index (χ2v) is 4.48. The Kier molecular flexibility index (Phi) is 4.38. The summed E-state index contributed by atoms with van der Waals surface area (Å²) in [5.41, 5.74) is 2.03. The molecular formula is C14H13N5O3. The van der Waals surface area contributed by atoms with E-state index in [1.54, 1.807) is 30.6 Å². The Balaban J connectivity index is 2.10. The summed E-state index contributed by atoms with van der Waals surface area (Å²) in [4.78, 5) is 29.5. The van der Waals surface area contributed by atoms with Crippen LogP contribution in [0.5, 0.6) is 0 Å². The van der Waals surface area contributed by atoms with E-state index in [0.717, 1.165) is 11.0 Å². The van der Waals surface area contributed by atoms with Crippen LogP contribution in [0.2, 0.25) is 0 Å². The normalized spacial score (nSPS) is 12.5. The molecule has 0 aliphatic heterocycles. The topological polar surface area (TPSA) is 131 Å². The van der Waals surface area contributed by atoms with Crippen molar-refractivity contribution in [1.29, 1.82) is 5.26 Å². The summed E-state index contributed by atoms with van der Waals surface area (Å²) in [6, 6.07) is 5.93. The standard InChI is InChI=1S/C14H13N5O3/c1-8(14(21)22)19-13(20)9(5-15)6-16-10-2-3-11-12(4-10)18-7-17-11/h2-4,6-8,16H,1H3,(H,17,18)(H,19,20)(H,21,22)/b9-6-. The minimum absolute atomic E-state index is 0.224. The summed E-state index contributed by atoms with van der Waals surface area (Å²) < 4.78 is 0. The molecule has 2 rings (SSSR count). The van der Waals surface area contributed by atoms with Crippen LogP contribution in [0.25, 0.3) is 11.0 Å². The zero-order valence-electron chi connectivity index (χ0n) is 11.6. The van der Waals surface area contributed by atoms with E-state index in [0.29, 0.717) is 5.69 Å². The number of nitrogens with zero attached hydrogens (tertiary/aromatic N) is 2. The van der Waals surface area contributed by atoms with Gasteiger partial charge in [-0.3, -0.25) is 9.59 Å². The minimum Gasteiger partial charge on any atom is -0.480 e. The summed E-state index contributed by atoms with van der Waals surface area (Å²) >= 11 is 0. The van der Waals surface area contributed by atoms with Gasteiger partial charge < -0.3 is 20.7 Å². The molecule has 1 aromatic carbocycles. The lowest BCUT2D eigenvalue weighted by Gasteiger charge is -2.08. The maximum Gasteiger partial charge on any atom is 0.325 e. The number of carbonyl (C=O) groups excluding carboxylic acids is 1. The highest BCUT2D eigenvalue weighted by atomic mass is 16.4. The number of nitrogens with one attached hydrogen (secondary N) is 3. The van der Waals surface area contributed by atoms with Crippen molar-refractivity contribution in [3.05, 3.63) is 36.3 Å². The van der Waals surface area contributed by atoms with Gasteiger partial charge in [-0.2, -0.15) is 5.26 Å². The zero-order chi connectivity index (χ0) is 16.1. The van der Waals surface area contributed by atoms with Gasteiger partial charge in [-0.25, -0.2) is 4.98 Å². The third kappa shape index (κ3) is 3.40. The molecule has 8 heteroatoms. The number of carboxylic acid groups (broad SMARTS) is 1. The zero-order valence-corrected chi connectivity index (χ0v) is 11.6. The van der Waals surface area contributed by atoms with Crippen LogP contribution in [-0.2, 0) is 9.59 Å². The lowest BCUT2D eigenvalue weighted by atomic mass is 10.2. The van der Waals surface area contributed by atoms with E-state index in [1.807, 2.05) is 0 Å². The van der Waals surface area contributed by atoms with Crippen molar-refractivity contribution in [2.24, 2.45) is 0 Å². The number of benzene rings is 1. The number of aromatic amines is 1. The van der Waals surface area contributed by atoms with Crippen molar-refractivity contribution in [3.8, 4) is 6.07 Å². The minimum atomic E-state index is -1.18. The number of imidazole rings is 1. The number of H-pyrrole nitrogens is 1. The van der Waals surface area contributed by atoms with Crippen molar-refractivity contribution in [2.45, 2.75) is 13.0 Å².